The van der Waals surface area contributed by atoms with Crippen molar-refractivity contribution in [3.63, 3.8) is 0 Å². The first-order chi connectivity index (χ1) is 16.1. The summed E-state index contributed by atoms with van der Waals surface area (Å²) >= 11 is 0. The SMILES string of the molecule is CCCCCCCC(CC=O)Cc1ccc(N2C(=O)c3cccc4cccc(c34)C2=O)cc1. The molecule has 1 aliphatic rings. The van der Waals surface area contributed by atoms with Gasteiger partial charge in [0.05, 0.1) is 5.69 Å². The molecule has 0 N–H and O–H groups in total. The molecule has 0 aromatic heterocycles. The maximum atomic E-state index is 13.2. The second-order valence-electron chi connectivity index (χ2n) is 9.00. The highest BCUT2D eigenvalue weighted by Crippen LogP contribution is 2.33. The van der Waals surface area contributed by atoms with Crippen LogP contribution in [0, 0.1) is 5.92 Å². The van der Waals surface area contributed by atoms with Crippen molar-refractivity contribution in [2.24, 2.45) is 5.92 Å². The Kier molecular flexibility index (Phi) is 7.33. The molecule has 170 valence electrons. The van der Waals surface area contributed by atoms with E-state index in [-0.39, 0.29) is 11.8 Å². The zero-order valence-electron chi connectivity index (χ0n) is 19.3. The number of hydrogen-bond acceptors (Lipinski definition) is 3. The summed E-state index contributed by atoms with van der Waals surface area (Å²) < 4.78 is 0. The average molecular weight is 442 g/mol. The first-order valence-corrected chi connectivity index (χ1v) is 12.1. The van der Waals surface area contributed by atoms with E-state index >= 15 is 0 Å². The predicted molar refractivity (Wildman–Crippen MR) is 133 cm³/mol. The molecular formula is C29H31NO3. The lowest BCUT2D eigenvalue weighted by Gasteiger charge is -2.27. The number of benzene rings is 3. The van der Waals surface area contributed by atoms with E-state index in [1.54, 1.807) is 12.1 Å². The fourth-order valence-electron chi connectivity index (χ4n) is 4.86. The fraction of sp³-hybridized carbons (Fsp3) is 0.345. The van der Waals surface area contributed by atoms with Gasteiger partial charge in [-0.2, -0.15) is 0 Å². The summed E-state index contributed by atoms with van der Waals surface area (Å²) in [7, 11) is 0. The van der Waals surface area contributed by atoms with Gasteiger partial charge in [-0.25, -0.2) is 4.90 Å². The Morgan fingerprint density at radius 3 is 2.06 bits per heavy atom. The van der Waals surface area contributed by atoms with Gasteiger partial charge in [-0.15, -0.1) is 0 Å². The molecule has 4 nitrogen and oxygen atoms in total. The van der Waals surface area contributed by atoms with E-state index in [1.807, 2.05) is 48.5 Å². The van der Waals surface area contributed by atoms with Gasteiger partial charge in [0.25, 0.3) is 11.8 Å². The highest BCUT2D eigenvalue weighted by atomic mass is 16.2. The smallest absolute Gasteiger partial charge is 0.265 e. The zero-order valence-corrected chi connectivity index (χ0v) is 19.3. The van der Waals surface area contributed by atoms with Gasteiger partial charge in [-0.1, -0.05) is 75.4 Å². The second-order valence-corrected chi connectivity index (χ2v) is 9.00. The van der Waals surface area contributed by atoms with Crippen molar-refractivity contribution in [3.05, 3.63) is 77.4 Å². The maximum Gasteiger partial charge on any atom is 0.265 e. The standard InChI is InChI=1S/C29H31NO3/c1-2-3-4-5-6-9-21(18-19-31)20-22-14-16-24(17-15-22)30-28(32)25-12-7-10-23-11-8-13-26(27(23)25)29(30)33/h7-8,10-17,19,21H,2-6,9,18,20H2,1H3. The van der Waals surface area contributed by atoms with Crippen molar-refractivity contribution >= 4 is 34.6 Å². The highest BCUT2D eigenvalue weighted by Gasteiger charge is 2.33. The molecule has 0 aliphatic carbocycles. The van der Waals surface area contributed by atoms with Crippen molar-refractivity contribution in [1.82, 2.24) is 0 Å². The van der Waals surface area contributed by atoms with Gasteiger partial charge in [0.2, 0.25) is 0 Å². The quantitative estimate of drug-likeness (QED) is 0.188. The number of anilines is 1. The van der Waals surface area contributed by atoms with Gasteiger partial charge >= 0.3 is 0 Å². The summed E-state index contributed by atoms with van der Waals surface area (Å²) in [5, 5.41) is 1.64. The number of unbranched alkanes of at least 4 members (excludes halogenated alkanes) is 4. The first kappa shape index (κ1) is 22.9. The van der Waals surface area contributed by atoms with E-state index in [9.17, 15) is 14.4 Å². The van der Waals surface area contributed by atoms with E-state index in [0.717, 1.165) is 41.9 Å². The molecule has 0 saturated heterocycles. The topological polar surface area (TPSA) is 54.5 Å². The van der Waals surface area contributed by atoms with Gasteiger partial charge in [0, 0.05) is 22.9 Å². The summed E-state index contributed by atoms with van der Waals surface area (Å²) in [5.74, 6) is -0.247. The maximum absolute atomic E-state index is 13.2. The molecule has 0 spiro atoms. The Balaban J connectivity index is 1.49. The highest BCUT2D eigenvalue weighted by molar-refractivity contribution is 6.35. The summed E-state index contributed by atoms with van der Waals surface area (Å²) in [6.45, 7) is 2.21. The monoisotopic (exact) mass is 441 g/mol. The number of rotatable bonds is 11. The van der Waals surface area contributed by atoms with Crippen LogP contribution < -0.4 is 4.90 Å². The van der Waals surface area contributed by atoms with Gasteiger partial charge in [-0.05, 0) is 54.0 Å². The summed E-state index contributed by atoms with van der Waals surface area (Å²) in [6.07, 6.45) is 9.60. The minimum atomic E-state index is -0.289. The average Bonchev–Trinajstić information content (AvgIpc) is 2.83. The number of aldehydes is 1. The molecule has 4 heteroatoms. The molecule has 3 aromatic carbocycles. The number of carbonyl (C=O) groups is 3. The predicted octanol–water partition coefficient (Wildman–Crippen LogP) is 6.75. The number of hydrogen-bond donors (Lipinski definition) is 0. The lowest BCUT2D eigenvalue weighted by molar-refractivity contribution is -0.108. The molecule has 2 amide bonds. The van der Waals surface area contributed by atoms with Crippen LogP contribution in [0.15, 0.2) is 60.7 Å². The van der Waals surface area contributed by atoms with Crippen LogP contribution in [0.3, 0.4) is 0 Å². The lowest BCUT2D eigenvalue weighted by atomic mass is 9.91. The summed E-state index contributed by atoms with van der Waals surface area (Å²) in [5.41, 5.74) is 2.81. The Bertz CT molecular complexity index is 1100. The molecule has 1 unspecified atom stereocenters. The number of amides is 2. The largest absolute Gasteiger partial charge is 0.303 e. The van der Waals surface area contributed by atoms with Crippen LogP contribution in [-0.2, 0) is 11.2 Å². The molecule has 0 bridgehead atoms. The molecule has 0 saturated carbocycles. The summed E-state index contributed by atoms with van der Waals surface area (Å²) in [6, 6.07) is 18.8. The minimum absolute atomic E-state index is 0.289. The van der Waals surface area contributed by atoms with Crippen LogP contribution in [0.5, 0.6) is 0 Å². The van der Waals surface area contributed by atoms with Crippen LogP contribution in [0.1, 0.15) is 78.1 Å². The molecule has 33 heavy (non-hydrogen) atoms. The van der Waals surface area contributed by atoms with Gasteiger partial charge in [0.1, 0.15) is 6.29 Å². The molecule has 0 fully saturated rings. The third kappa shape index (κ3) is 4.90. The first-order valence-electron chi connectivity index (χ1n) is 12.1. The number of imide groups is 1. The van der Waals surface area contributed by atoms with E-state index in [1.165, 1.54) is 30.6 Å². The Hall–Kier alpha value is -3.27. The number of carbonyl (C=O) groups excluding carboxylic acids is 3. The van der Waals surface area contributed by atoms with Crippen molar-refractivity contribution < 1.29 is 14.4 Å². The molecule has 1 atom stereocenters. The van der Waals surface area contributed by atoms with Crippen molar-refractivity contribution in [2.45, 2.75) is 58.3 Å². The molecule has 0 radical (unpaired) electrons. The lowest BCUT2D eigenvalue weighted by Crippen LogP contribution is -2.40. The normalized spacial score (nSPS) is 14.0. The van der Waals surface area contributed by atoms with Gasteiger partial charge < -0.3 is 4.79 Å². The van der Waals surface area contributed by atoms with Crippen LogP contribution in [0.2, 0.25) is 0 Å². The van der Waals surface area contributed by atoms with Gasteiger partial charge in [0.15, 0.2) is 0 Å². The Morgan fingerprint density at radius 1 is 0.818 bits per heavy atom. The van der Waals surface area contributed by atoms with Crippen molar-refractivity contribution in [2.75, 3.05) is 4.90 Å². The third-order valence-electron chi connectivity index (χ3n) is 6.64. The third-order valence-corrected chi connectivity index (χ3v) is 6.64. The molecule has 3 aromatic rings. The molecule has 1 aliphatic heterocycles. The Morgan fingerprint density at radius 2 is 1.45 bits per heavy atom. The van der Waals surface area contributed by atoms with Crippen LogP contribution in [0.4, 0.5) is 5.69 Å². The van der Waals surface area contributed by atoms with E-state index in [4.69, 9.17) is 0 Å². The van der Waals surface area contributed by atoms with E-state index in [0.29, 0.717) is 29.2 Å². The number of nitrogens with zero attached hydrogens (tertiary/aromatic N) is 1. The molecule has 4 rings (SSSR count). The fourth-order valence-corrected chi connectivity index (χ4v) is 4.86. The van der Waals surface area contributed by atoms with Crippen LogP contribution >= 0.6 is 0 Å². The minimum Gasteiger partial charge on any atom is -0.303 e. The van der Waals surface area contributed by atoms with Crippen molar-refractivity contribution in [1.29, 1.82) is 0 Å². The van der Waals surface area contributed by atoms with E-state index in [2.05, 4.69) is 6.92 Å². The Labute approximate surface area is 195 Å². The van der Waals surface area contributed by atoms with E-state index < -0.39 is 0 Å². The van der Waals surface area contributed by atoms with Crippen LogP contribution in [-0.4, -0.2) is 18.1 Å². The molecular weight excluding hydrogens is 410 g/mol. The van der Waals surface area contributed by atoms with Crippen molar-refractivity contribution in [3.8, 4) is 0 Å². The molecule has 1 heterocycles. The van der Waals surface area contributed by atoms with Crippen LogP contribution in [0.25, 0.3) is 10.8 Å². The zero-order chi connectivity index (χ0) is 23.2. The summed E-state index contributed by atoms with van der Waals surface area (Å²) in [4.78, 5) is 38.9. The van der Waals surface area contributed by atoms with Gasteiger partial charge in [-0.3, -0.25) is 9.59 Å². The second kappa shape index (κ2) is 10.6.